The second-order valence-electron chi connectivity index (χ2n) is 5.96. The summed E-state index contributed by atoms with van der Waals surface area (Å²) in [6, 6.07) is 11.5. The summed E-state index contributed by atoms with van der Waals surface area (Å²) >= 11 is 0. The van der Waals surface area contributed by atoms with E-state index in [9.17, 15) is 0 Å². The fraction of sp³-hybridized carbons (Fsp3) is 0.556. The Hall–Kier alpha value is -1.12. The first-order chi connectivity index (χ1) is 9.92. The average molecular weight is 271 g/mol. The minimum atomic E-state index is 0.659. The zero-order valence-electron chi connectivity index (χ0n) is 12.2. The lowest BCUT2D eigenvalue weighted by Crippen LogP contribution is -2.43. The molecule has 1 heterocycles. The number of ether oxygens (including phenoxy) is 1. The highest BCUT2D eigenvalue weighted by molar-refractivity contribution is 5.15. The van der Waals surface area contributed by atoms with Crippen LogP contribution in [0.5, 0.6) is 0 Å². The van der Waals surface area contributed by atoms with Crippen molar-refractivity contribution < 1.29 is 4.74 Å². The van der Waals surface area contributed by atoms with Crippen molar-refractivity contribution in [2.24, 2.45) is 5.92 Å². The average Bonchev–Trinajstić information content (AvgIpc) is 2.55. The number of hydrogen-bond acceptors (Lipinski definition) is 2. The summed E-state index contributed by atoms with van der Waals surface area (Å²) in [6.45, 7) is 4.01. The van der Waals surface area contributed by atoms with Crippen LogP contribution in [0, 0.1) is 5.92 Å². The van der Waals surface area contributed by atoms with Crippen LogP contribution >= 0.6 is 0 Å². The molecule has 1 aliphatic heterocycles. The third-order valence-corrected chi connectivity index (χ3v) is 4.60. The van der Waals surface area contributed by atoms with Crippen LogP contribution in [0.1, 0.15) is 24.8 Å². The van der Waals surface area contributed by atoms with Gasteiger partial charge in [-0.15, -0.1) is 0 Å². The molecule has 3 rings (SSSR count). The van der Waals surface area contributed by atoms with Crippen molar-refractivity contribution >= 4 is 0 Å². The van der Waals surface area contributed by atoms with Gasteiger partial charge in [0.05, 0.1) is 13.2 Å². The molecule has 2 aliphatic rings. The lowest BCUT2D eigenvalue weighted by Gasteiger charge is -2.35. The predicted molar refractivity (Wildman–Crippen MR) is 82.8 cm³/mol. The highest BCUT2D eigenvalue weighted by Crippen LogP contribution is 2.25. The van der Waals surface area contributed by atoms with E-state index in [1.54, 1.807) is 0 Å². The minimum absolute atomic E-state index is 0.659. The summed E-state index contributed by atoms with van der Waals surface area (Å²) < 4.78 is 5.43. The van der Waals surface area contributed by atoms with Gasteiger partial charge < -0.3 is 4.74 Å². The highest BCUT2D eigenvalue weighted by atomic mass is 16.5. The normalized spacial score (nSPS) is 27.6. The summed E-state index contributed by atoms with van der Waals surface area (Å²) in [5.74, 6) is 0.771. The maximum Gasteiger partial charge on any atom is 0.0594 e. The molecule has 1 aromatic carbocycles. The number of nitrogens with zero attached hydrogens (tertiary/aromatic N) is 1. The first kappa shape index (κ1) is 13.8. The molecule has 0 radical (unpaired) electrons. The molecule has 20 heavy (non-hydrogen) atoms. The van der Waals surface area contributed by atoms with E-state index < -0.39 is 0 Å². The van der Waals surface area contributed by atoms with Crippen molar-refractivity contribution in [3.63, 3.8) is 0 Å². The van der Waals surface area contributed by atoms with Crippen molar-refractivity contribution in [1.29, 1.82) is 0 Å². The quantitative estimate of drug-likeness (QED) is 0.779. The van der Waals surface area contributed by atoms with E-state index in [-0.39, 0.29) is 0 Å². The van der Waals surface area contributed by atoms with Gasteiger partial charge in [-0.25, -0.2) is 0 Å². The van der Waals surface area contributed by atoms with Gasteiger partial charge in [0, 0.05) is 19.1 Å². The summed E-state index contributed by atoms with van der Waals surface area (Å²) in [4.78, 5) is 2.58. The van der Waals surface area contributed by atoms with E-state index >= 15 is 0 Å². The van der Waals surface area contributed by atoms with E-state index in [1.807, 2.05) is 0 Å². The maximum atomic E-state index is 5.43. The highest BCUT2D eigenvalue weighted by Gasteiger charge is 2.22. The second-order valence-corrected chi connectivity index (χ2v) is 5.96. The van der Waals surface area contributed by atoms with Gasteiger partial charge in [-0.05, 0) is 37.2 Å². The maximum absolute atomic E-state index is 5.43. The van der Waals surface area contributed by atoms with E-state index in [0.717, 1.165) is 32.2 Å². The third-order valence-electron chi connectivity index (χ3n) is 4.60. The smallest absolute Gasteiger partial charge is 0.0594 e. The first-order valence-electron chi connectivity index (χ1n) is 7.96. The number of morpholine rings is 1. The summed E-state index contributed by atoms with van der Waals surface area (Å²) in [7, 11) is 0. The second kappa shape index (κ2) is 7.05. The van der Waals surface area contributed by atoms with Crippen LogP contribution in [0.3, 0.4) is 0 Å². The van der Waals surface area contributed by atoms with Gasteiger partial charge in [0.2, 0.25) is 0 Å². The lowest BCUT2D eigenvalue weighted by molar-refractivity contribution is 0.0222. The fourth-order valence-electron chi connectivity index (χ4n) is 3.31. The lowest BCUT2D eigenvalue weighted by atomic mass is 9.87. The fourth-order valence-corrected chi connectivity index (χ4v) is 3.31. The van der Waals surface area contributed by atoms with Crippen LogP contribution in [-0.4, -0.2) is 37.2 Å². The molecule has 1 saturated heterocycles. The SMILES string of the molecule is C1=C[C@@H](N2CCOCC2)CC[C@H]1CCc1ccccc1. The molecule has 0 saturated carbocycles. The van der Waals surface area contributed by atoms with Crippen LogP contribution in [0.15, 0.2) is 42.5 Å². The molecule has 0 spiro atoms. The van der Waals surface area contributed by atoms with Crippen molar-refractivity contribution in [2.75, 3.05) is 26.3 Å². The Morgan fingerprint density at radius 2 is 1.80 bits per heavy atom. The van der Waals surface area contributed by atoms with E-state index in [0.29, 0.717) is 6.04 Å². The molecule has 2 nitrogen and oxygen atoms in total. The monoisotopic (exact) mass is 271 g/mol. The summed E-state index contributed by atoms with van der Waals surface area (Å²) in [5, 5.41) is 0. The van der Waals surface area contributed by atoms with Gasteiger partial charge in [0.15, 0.2) is 0 Å². The number of aryl methyl sites for hydroxylation is 1. The number of rotatable bonds is 4. The van der Waals surface area contributed by atoms with E-state index in [1.165, 1.54) is 31.2 Å². The Kier molecular flexibility index (Phi) is 4.88. The molecule has 2 atom stereocenters. The van der Waals surface area contributed by atoms with Gasteiger partial charge in [-0.3, -0.25) is 4.90 Å². The molecule has 0 unspecified atom stereocenters. The van der Waals surface area contributed by atoms with E-state index in [2.05, 4.69) is 47.4 Å². The Balaban J connectivity index is 1.47. The number of allylic oxidation sites excluding steroid dienone is 1. The largest absolute Gasteiger partial charge is 0.379 e. The van der Waals surface area contributed by atoms with Crippen molar-refractivity contribution in [3.8, 4) is 0 Å². The standard InChI is InChI=1S/C18H25NO/c1-2-4-16(5-3-1)6-7-17-8-10-18(11-9-17)19-12-14-20-15-13-19/h1-5,8,10,17-18H,6-7,9,11-15H2/t17-,18+/m0/s1. The van der Waals surface area contributed by atoms with Crippen molar-refractivity contribution in [3.05, 3.63) is 48.0 Å². The Morgan fingerprint density at radius 1 is 1.00 bits per heavy atom. The van der Waals surface area contributed by atoms with Gasteiger partial charge in [-0.2, -0.15) is 0 Å². The Bertz CT molecular complexity index is 422. The molecule has 1 aliphatic carbocycles. The molecule has 0 aromatic heterocycles. The molecule has 2 heteroatoms. The van der Waals surface area contributed by atoms with Gasteiger partial charge in [0.25, 0.3) is 0 Å². The van der Waals surface area contributed by atoms with Gasteiger partial charge >= 0.3 is 0 Å². The topological polar surface area (TPSA) is 12.5 Å². The molecule has 0 N–H and O–H groups in total. The number of hydrogen-bond donors (Lipinski definition) is 0. The Labute approximate surface area is 122 Å². The first-order valence-corrected chi connectivity index (χ1v) is 7.96. The van der Waals surface area contributed by atoms with Gasteiger partial charge in [-0.1, -0.05) is 42.5 Å². The van der Waals surface area contributed by atoms with Gasteiger partial charge in [0.1, 0.15) is 0 Å². The van der Waals surface area contributed by atoms with Crippen molar-refractivity contribution in [1.82, 2.24) is 4.90 Å². The van der Waals surface area contributed by atoms with Crippen LogP contribution in [0.2, 0.25) is 0 Å². The molecule has 0 bridgehead atoms. The molecular formula is C18H25NO. The Morgan fingerprint density at radius 3 is 2.50 bits per heavy atom. The predicted octanol–water partition coefficient (Wildman–Crippen LogP) is 3.29. The molecule has 0 amide bonds. The van der Waals surface area contributed by atoms with Crippen LogP contribution in [-0.2, 0) is 11.2 Å². The molecular weight excluding hydrogens is 246 g/mol. The summed E-state index contributed by atoms with van der Waals surface area (Å²) in [6.07, 6.45) is 10.1. The van der Waals surface area contributed by atoms with Crippen LogP contribution in [0.4, 0.5) is 0 Å². The number of benzene rings is 1. The minimum Gasteiger partial charge on any atom is -0.379 e. The summed E-state index contributed by atoms with van der Waals surface area (Å²) in [5.41, 5.74) is 1.47. The molecule has 1 aromatic rings. The van der Waals surface area contributed by atoms with E-state index in [4.69, 9.17) is 4.74 Å². The molecule has 108 valence electrons. The third kappa shape index (κ3) is 3.71. The van der Waals surface area contributed by atoms with Crippen LogP contribution < -0.4 is 0 Å². The molecule has 1 fully saturated rings. The zero-order valence-corrected chi connectivity index (χ0v) is 12.2. The van der Waals surface area contributed by atoms with Crippen molar-refractivity contribution in [2.45, 2.75) is 31.7 Å². The van der Waals surface area contributed by atoms with Crippen LogP contribution in [0.25, 0.3) is 0 Å². The zero-order chi connectivity index (χ0) is 13.6.